The first-order valence-electron chi connectivity index (χ1n) is 6.30. The van der Waals surface area contributed by atoms with Crippen molar-refractivity contribution in [2.45, 2.75) is 25.7 Å². The van der Waals surface area contributed by atoms with E-state index in [-0.39, 0.29) is 0 Å². The molecule has 5 nitrogen and oxygen atoms in total. The summed E-state index contributed by atoms with van der Waals surface area (Å²) in [5.74, 6) is 1.73. The Bertz CT molecular complexity index is 514. The molecule has 1 N–H and O–H groups in total. The van der Waals surface area contributed by atoms with Gasteiger partial charge in [0.25, 0.3) is 5.89 Å². The number of nitrogens with one attached hydrogen (secondary N) is 1. The zero-order valence-corrected chi connectivity index (χ0v) is 10.4. The molecule has 0 bridgehead atoms. The molecule has 1 unspecified atom stereocenters. The smallest absolute Gasteiger partial charge is 0.259 e. The molecule has 1 fully saturated rings. The summed E-state index contributed by atoms with van der Waals surface area (Å²) >= 11 is 0. The van der Waals surface area contributed by atoms with Crippen LogP contribution in [-0.2, 0) is 0 Å². The summed E-state index contributed by atoms with van der Waals surface area (Å²) in [5, 5.41) is 7.44. The van der Waals surface area contributed by atoms with Gasteiger partial charge in [0, 0.05) is 24.4 Å². The highest BCUT2D eigenvalue weighted by atomic mass is 16.5. The SMILES string of the molecule is Cc1ccc(-c2nc(C3CCCNC3)no2)cn1. The molecule has 1 aliphatic rings. The molecular formula is C13H16N4O. The predicted molar refractivity (Wildman–Crippen MR) is 67.1 cm³/mol. The number of piperidine rings is 1. The monoisotopic (exact) mass is 244 g/mol. The Kier molecular flexibility index (Phi) is 3.06. The molecule has 1 aliphatic heterocycles. The molecule has 2 aromatic heterocycles. The Labute approximate surface area is 106 Å². The van der Waals surface area contributed by atoms with Crippen molar-refractivity contribution >= 4 is 0 Å². The van der Waals surface area contributed by atoms with E-state index in [1.807, 2.05) is 19.1 Å². The highest BCUT2D eigenvalue weighted by Crippen LogP contribution is 2.23. The second kappa shape index (κ2) is 4.86. The first kappa shape index (κ1) is 11.3. The summed E-state index contributed by atoms with van der Waals surface area (Å²) in [6, 6.07) is 3.90. The highest BCUT2D eigenvalue weighted by Gasteiger charge is 2.21. The van der Waals surface area contributed by atoms with Gasteiger partial charge < -0.3 is 9.84 Å². The van der Waals surface area contributed by atoms with Crippen molar-refractivity contribution in [3.05, 3.63) is 29.8 Å². The van der Waals surface area contributed by atoms with Crippen molar-refractivity contribution in [3.8, 4) is 11.5 Å². The molecule has 3 rings (SSSR count). The van der Waals surface area contributed by atoms with Crippen LogP contribution in [0.3, 0.4) is 0 Å². The van der Waals surface area contributed by atoms with Crippen LogP contribution in [0.4, 0.5) is 0 Å². The fourth-order valence-corrected chi connectivity index (χ4v) is 2.18. The molecule has 0 spiro atoms. The van der Waals surface area contributed by atoms with E-state index in [1.165, 1.54) is 6.42 Å². The van der Waals surface area contributed by atoms with Gasteiger partial charge in [-0.05, 0) is 38.4 Å². The van der Waals surface area contributed by atoms with Gasteiger partial charge in [-0.25, -0.2) is 0 Å². The van der Waals surface area contributed by atoms with Crippen LogP contribution >= 0.6 is 0 Å². The third kappa shape index (κ3) is 2.26. The fourth-order valence-electron chi connectivity index (χ4n) is 2.18. The van der Waals surface area contributed by atoms with E-state index in [0.29, 0.717) is 11.8 Å². The molecule has 1 atom stereocenters. The van der Waals surface area contributed by atoms with Crippen LogP contribution < -0.4 is 5.32 Å². The van der Waals surface area contributed by atoms with Gasteiger partial charge in [-0.1, -0.05) is 5.16 Å². The largest absolute Gasteiger partial charge is 0.334 e. The second-order valence-corrected chi connectivity index (χ2v) is 4.69. The summed E-state index contributed by atoms with van der Waals surface area (Å²) in [7, 11) is 0. The van der Waals surface area contributed by atoms with Crippen molar-refractivity contribution in [3.63, 3.8) is 0 Å². The molecule has 0 amide bonds. The normalized spacial score (nSPS) is 19.9. The Morgan fingerprint density at radius 2 is 2.33 bits per heavy atom. The van der Waals surface area contributed by atoms with Gasteiger partial charge in [0.1, 0.15) is 0 Å². The molecule has 5 heteroatoms. The standard InChI is InChI=1S/C13H16N4O/c1-9-4-5-11(8-15-9)13-16-12(17-18-13)10-3-2-6-14-7-10/h4-5,8,10,14H,2-3,6-7H2,1H3. The zero-order valence-electron chi connectivity index (χ0n) is 10.4. The van der Waals surface area contributed by atoms with Crippen LogP contribution in [-0.4, -0.2) is 28.2 Å². The second-order valence-electron chi connectivity index (χ2n) is 4.69. The molecular weight excluding hydrogens is 228 g/mol. The molecule has 3 heterocycles. The van der Waals surface area contributed by atoms with E-state index in [2.05, 4.69) is 20.4 Å². The molecule has 94 valence electrons. The van der Waals surface area contributed by atoms with Gasteiger partial charge in [0.2, 0.25) is 0 Å². The number of aromatic nitrogens is 3. The van der Waals surface area contributed by atoms with Crippen LogP contribution in [0.25, 0.3) is 11.5 Å². The van der Waals surface area contributed by atoms with E-state index in [0.717, 1.165) is 36.6 Å². The number of hydrogen-bond acceptors (Lipinski definition) is 5. The quantitative estimate of drug-likeness (QED) is 0.874. The maximum absolute atomic E-state index is 5.31. The lowest BCUT2D eigenvalue weighted by molar-refractivity contribution is 0.393. The lowest BCUT2D eigenvalue weighted by Gasteiger charge is -2.19. The molecule has 2 aromatic rings. The summed E-state index contributed by atoms with van der Waals surface area (Å²) in [6.07, 6.45) is 4.06. The minimum atomic E-state index is 0.370. The van der Waals surface area contributed by atoms with Crippen molar-refractivity contribution in [1.29, 1.82) is 0 Å². The van der Waals surface area contributed by atoms with Crippen LogP contribution in [0.5, 0.6) is 0 Å². The first-order valence-corrected chi connectivity index (χ1v) is 6.30. The van der Waals surface area contributed by atoms with E-state index in [1.54, 1.807) is 6.20 Å². The molecule has 18 heavy (non-hydrogen) atoms. The van der Waals surface area contributed by atoms with Gasteiger partial charge in [-0.2, -0.15) is 4.98 Å². The summed E-state index contributed by atoms with van der Waals surface area (Å²) in [6.45, 7) is 3.98. The Balaban J connectivity index is 1.82. The maximum atomic E-state index is 5.31. The van der Waals surface area contributed by atoms with Gasteiger partial charge in [-0.15, -0.1) is 0 Å². The Hall–Kier alpha value is -1.75. The van der Waals surface area contributed by atoms with Crippen molar-refractivity contribution in [2.75, 3.05) is 13.1 Å². The highest BCUT2D eigenvalue weighted by molar-refractivity contribution is 5.50. The fraction of sp³-hybridized carbons (Fsp3) is 0.462. The van der Waals surface area contributed by atoms with Crippen molar-refractivity contribution < 1.29 is 4.52 Å². The zero-order chi connectivity index (χ0) is 12.4. The lowest BCUT2D eigenvalue weighted by atomic mass is 9.99. The predicted octanol–water partition coefficient (Wildman–Crippen LogP) is 1.91. The summed E-state index contributed by atoms with van der Waals surface area (Å²) in [4.78, 5) is 8.71. The minimum absolute atomic E-state index is 0.370. The van der Waals surface area contributed by atoms with Crippen molar-refractivity contribution in [1.82, 2.24) is 20.4 Å². The number of rotatable bonds is 2. The van der Waals surface area contributed by atoms with Crippen molar-refractivity contribution in [2.24, 2.45) is 0 Å². The molecule has 0 saturated carbocycles. The third-order valence-corrected chi connectivity index (χ3v) is 3.26. The lowest BCUT2D eigenvalue weighted by Crippen LogP contribution is -2.28. The van der Waals surface area contributed by atoms with E-state index in [4.69, 9.17) is 4.52 Å². The van der Waals surface area contributed by atoms with Gasteiger partial charge in [0.15, 0.2) is 5.82 Å². The number of nitrogens with zero attached hydrogens (tertiary/aromatic N) is 3. The van der Waals surface area contributed by atoms with Crippen LogP contribution in [0.15, 0.2) is 22.9 Å². The van der Waals surface area contributed by atoms with Gasteiger partial charge in [0.05, 0.1) is 5.56 Å². The first-order chi connectivity index (χ1) is 8.83. The van der Waals surface area contributed by atoms with Crippen LogP contribution in [0.1, 0.15) is 30.3 Å². The number of pyridine rings is 1. The van der Waals surface area contributed by atoms with Crippen LogP contribution in [0, 0.1) is 6.92 Å². The van der Waals surface area contributed by atoms with E-state index < -0.39 is 0 Å². The van der Waals surface area contributed by atoms with E-state index in [9.17, 15) is 0 Å². The average Bonchev–Trinajstić information content (AvgIpc) is 2.90. The van der Waals surface area contributed by atoms with E-state index >= 15 is 0 Å². The molecule has 0 aliphatic carbocycles. The topological polar surface area (TPSA) is 63.8 Å². The summed E-state index contributed by atoms with van der Waals surface area (Å²) in [5.41, 5.74) is 1.86. The number of hydrogen-bond donors (Lipinski definition) is 1. The average molecular weight is 244 g/mol. The molecule has 0 radical (unpaired) electrons. The third-order valence-electron chi connectivity index (χ3n) is 3.26. The Morgan fingerprint density at radius 3 is 3.06 bits per heavy atom. The summed E-state index contributed by atoms with van der Waals surface area (Å²) < 4.78 is 5.31. The molecule has 0 aromatic carbocycles. The number of aryl methyl sites for hydroxylation is 1. The van der Waals surface area contributed by atoms with Crippen LogP contribution in [0.2, 0.25) is 0 Å². The maximum Gasteiger partial charge on any atom is 0.259 e. The molecule has 1 saturated heterocycles. The van der Waals surface area contributed by atoms with Gasteiger partial charge in [-0.3, -0.25) is 4.98 Å². The van der Waals surface area contributed by atoms with Gasteiger partial charge >= 0.3 is 0 Å². The Morgan fingerprint density at radius 1 is 1.39 bits per heavy atom. The minimum Gasteiger partial charge on any atom is -0.334 e.